The largest absolute Gasteiger partial charge is 0.467 e. The fourth-order valence-corrected chi connectivity index (χ4v) is 3.22. The number of furan rings is 1. The van der Waals surface area contributed by atoms with Crippen LogP contribution in [-0.2, 0) is 27.4 Å². The highest BCUT2D eigenvalue weighted by Gasteiger charge is 2.23. The van der Waals surface area contributed by atoms with Crippen molar-refractivity contribution in [3.05, 3.63) is 54.0 Å². The lowest BCUT2D eigenvalue weighted by atomic mass is 10.2. The standard InChI is InChI=1S/C23H32N4O4.HI/c1-2-24-23(25-11-6-12-29-17-20-9-4-13-30-20)26-16-18-7-3-8-19(15-18)27-22(28)21-10-5-14-31-21;/h3-4,7-9,13,15,21H,2,5-6,10-12,14,16-17H2,1H3,(H,27,28)(H2,24,25,26);1H. The number of amides is 1. The van der Waals surface area contributed by atoms with E-state index >= 15 is 0 Å². The second-order valence-corrected chi connectivity index (χ2v) is 7.30. The summed E-state index contributed by atoms with van der Waals surface area (Å²) in [6, 6.07) is 11.5. The first-order valence-electron chi connectivity index (χ1n) is 10.9. The lowest BCUT2D eigenvalue weighted by molar-refractivity contribution is -0.124. The van der Waals surface area contributed by atoms with Crippen molar-refractivity contribution < 1.29 is 18.7 Å². The van der Waals surface area contributed by atoms with Gasteiger partial charge < -0.3 is 29.8 Å². The molecule has 176 valence electrons. The first-order chi connectivity index (χ1) is 15.2. The van der Waals surface area contributed by atoms with Gasteiger partial charge in [-0.05, 0) is 56.0 Å². The number of ether oxygens (including phenoxy) is 2. The molecule has 0 radical (unpaired) electrons. The number of nitrogens with zero attached hydrogens (tertiary/aromatic N) is 1. The molecule has 1 atom stereocenters. The van der Waals surface area contributed by atoms with Crippen molar-refractivity contribution in [3.63, 3.8) is 0 Å². The number of rotatable bonds is 11. The van der Waals surface area contributed by atoms with Crippen LogP contribution in [0.1, 0.15) is 37.5 Å². The van der Waals surface area contributed by atoms with E-state index in [-0.39, 0.29) is 36.0 Å². The van der Waals surface area contributed by atoms with E-state index in [1.54, 1.807) is 6.26 Å². The Balaban J connectivity index is 0.00000363. The molecule has 2 aromatic rings. The zero-order valence-corrected chi connectivity index (χ0v) is 20.8. The van der Waals surface area contributed by atoms with E-state index < -0.39 is 0 Å². The second-order valence-electron chi connectivity index (χ2n) is 7.30. The van der Waals surface area contributed by atoms with Gasteiger partial charge >= 0.3 is 0 Å². The molecule has 9 heteroatoms. The highest BCUT2D eigenvalue weighted by molar-refractivity contribution is 14.0. The summed E-state index contributed by atoms with van der Waals surface area (Å²) in [5.41, 5.74) is 1.78. The normalized spacial score (nSPS) is 15.8. The molecule has 1 unspecified atom stereocenters. The zero-order chi connectivity index (χ0) is 21.7. The van der Waals surface area contributed by atoms with E-state index in [9.17, 15) is 4.79 Å². The molecule has 3 rings (SSSR count). The number of anilines is 1. The number of hydrogen-bond acceptors (Lipinski definition) is 5. The van der Waals surface area contributed by atoms with Gasteiger partial charge in [-0.15, -0.1) is 24.0 Å². The van der Waals surface area contributed by atoms with Crippen LogP contribution in [0.15, 0.2) is 52.1 Å². The van der Waals surface area contributed by atoms with Crippen molar-refractivity contribution in [2.75, 3.05) is 31.6 Å². The molecule has 0 spiro atoms. The van der Waals surface area contributed by atoms with Crippen LogP contribution in [0.4, 0.5) is 5.69 Å². The van der Waals surface area contributed by atoms with E-state index in [0.717, 1.165) is 55.3 Å². The molecule has 1 fully saturated rings. The summed E-state index contributed by atoms with van der Waals surface area (Å²) in [4.78, 5) is 16.9. The third kappa shape index (κ3) is 9.17. The Kier molecular flexibility index (Phi) is 12.1. The summed E-state index contributed by atoms with van der Waals surface area (Å²) >= 11 is 0. The monoisotopic (exact) mass is 556 g/mol. The fraction of sp³-hybridized carbons (Fsp3) is 0.478. The summed E-state index contributed by atoms with van der Waals surface area (Å²) in [6.07, 6.45) is 3.88. The maximum atomic E-state index is 12.2. The second kappa shape index (κ2) is 14.9. The van der Waals surface area contributed by atoms with Crippen LogP contribution in [0.3, 0.4) is 0 Å². The number of benzene rings is 1. The smallest absolute Gasteiger partial charge is 0.253 e. The van der Waals surface area contributed by atoms with Crippen LogP contribution >= 0.6 is 24.0 Å². The lowest BCUT2D eigenvalue weighted by Crippen LogP contribution is -2.38. The van der Waals surface area contributed by atoms with E-state index in [1.165, 1.54) is 0 Å². The molecule has 1 aromatic heterocycles. The molecule has 8 nitrogen and oxygen atoms in total. The third-order valence-corrected chi connectivity index (χ3v) is 4.76. The molecule has 2 heterocycles. The molecule has 32 heavy (non-hydrogen) atoms. The molecule has 0 saturated carbocycles. The van der Waals surface area contributed by atoms with Crippen molar-refractivity contribution in [2.24, 2.45) is 4.99 Å². The first kappa shape index (κ1) is 26.1. The molecule has 1 aromatic carbocycles. The van der Waals surface area contributed by atoms with Gasteiger partial charge in [0.2, 0.25) is 0 Å². The molecule has 0 aliphatic carbocycles. The van der Waals surface area contributed by atoms with E-state index in [1.807, 2.05) is 43.3 Å². The average Bonchev–Trinajstić information content (AvgIpc) is 3.49. The zero-order valence-electron chi connectivity index (χ0n) is 18.5. The van der Waals surface area contributed by atoms with Gasteiger partial charge in [0.1, 0.15) is 18.5 Å². The maximum Gasteiger partial charge on any atom is 0.253 e. The molecule has 1 aliphatic rings. The quantitative estimate of drug-likeness (QED) is 0.169. The molecule has 1 aliphatic heterocycles. The van der Waals surface area contributed by atoms with Crippen molar-refractivity contribution in [3.8, 4) is 0 Å². The van der Waals surface area contributed by atoms with E-state index in [2.05, 4.69) is 20.9 Å². The molecule has 0 bridgehead atoms. The molecule has 1 amide bonds. The summed E-state index contributed by atoms with van der Waals surface area (Å²) in [7, 11) is 0. The fourth-order valence-electron chi connectivity index (χ4n) is 3.22. The molecule has 3 N–H and O–H groups in total. The van der Waals surface area contributed by atoms with Gasteiger partial charge in [-0.3, -0.25) is 4.79 Å². The molecular formula is C23H33IN4O4. The Bertz CT molecular complexity index is 823. The van der Waals surface area contributed by atoms with Gasteiger partial charge in [0.05, 0.1) is 12.8 Å². The van der Waals surface area contributed by atoms with Crippen LogP contribution in [0, 0.1) is 0 Å². The van der Waals surface area contributed by atoms with E-state index in [0.29, 0.717) is 26.4 Å². The topological polar surface area (TPSA) is 97.1 Å². The SMILES string of the molecule is CCNC(=NCc1cccc(NC(=O)C2CCCO2)c1)NCCCOCc1ccco1.I. The van der Waals surface area contributed by atoms with Crippen LogP contribution in [-0.4, -0.2) is 44.3 Å². The van der Waals surface area contributed by atoms with Crippen LogP contribution < -0.4 is 16.0 Å². The summed E-state index contributed by atoms with van der Waals surface area (Å²) < 4.78 is 16.3. The highest BCUT2D eigenvalue weighted by Crippen LogP contribution is 2.16. The Morgan fingerprint density at radius 2 is 2.16 bits per heavy atom. The van der Waals surface area contributed by atoms with Crippen molar-refractivity contribution in [2.45, 2.75) is 45.4 Å². The number of halogens is 1. The lowest BCUT2D eigenvalue weighted by Gasteiger charge is -2.12. The van der Waals surface area contributed by atoms with E-state index in [4.69, 9.17) is 13.9 Å². The van der Waals surface area contributed by atoms with Crippen LogP contribution in [0.2, 0.25) is 0 Å². The molecular weight excluding hydrogens is 523 g/mol. The predicted molar refractivity (Wildman–Crippen MR) is 135 cm³/mol. The van der Waals surface area contributed by atoms with Crippen LogP contribution in [0.5, 0.6) is 0 Å². The summed E-state index contributed by atoms with van der Waals surface area (Å²) in [5, 5.41) is 9.50. The van der Waals surface area contributed by atoms with Crippen molar-refractivity contribution >= 4 is 41.5 Å². The minimum absolute atomic E-state index is 0. The predicted octanol–water partition coefficient (Wildman–Crippen LogP) is 3.68. The van der Waals surface area contributed by atoms with Gasteiger partial charge in [0, 0.05) is 32.0 Å². The molecule has 1 saturated heterocycles. The number of carbonyl (C=O) groups is 1. The van der Waals surface area contributed by atoms with Crippen molar-refractivity contribution in [1.29, 1.82) is 0 Å². The Labute approximate surface area is 206 Å². The van der Waals surface area contributed by atoms with Gasteiger partial charge in [0.15, 0.2) is 5.96 Å². The minimum Gasteiger partial charge on any atom is -0.467 e. The van der Waals surface area contributed by atoms with Crippen LogP contribution in [0.25, 0.3) is 0 Å². The Morgan fingerprint density at radius 3 is 2.91 bits per heavy atom. The summed E-state index contributed by atoms with van der Waals surface area (Å²) in [5.74, 6) is 1.50. The Morgan fingerprint density at radius 1 is 1.25 bits per heavy atom. The van der Waals surface area contributed by atoms with Gasteiger partial charge in [-0.25, -0.2) is 4.99 Å². The number of aliphatic imine (C=N–C) groups is 1. The number of carbonyl (C=O) groups excluding carboxylic acids is 1. The van der Waals surface area contributed by atoms with Gasteiger partial charge in [-0.2, -0.15) is 0 Å². The van der Waals surface area contributed by atoms with Gasteiger partial charge in [-0.1, -0.05) is 12.1 Å². The third-order valence-electron chi connectivity index (χ3n) is 4.76. The Hall–Kier alpha value is -2.11. The minimum atomic E-state index is -0.339. The first-order valence-corrected chi connectivity index (χ1v) is 10.9. The average molecular weight is 556 g/mol. The number of guanidine groups is 1. The van der Waals surface area contributed by atoms with Crippen molar-refractivity contribution in [1.82, 2.24) is 10.6 Å². The summed E-state index contributed by atoms with van der Waals surface area (Å²) in [6.45, 7) is 5.85. The maximum absolute atomic E-state index is 12.2. The highest BCUT2D eigenvalue weighted by atomic mass is 127. The number of hydrogen-bond donors (Lipinski definition) is 3. The van der Waals surface area contributed by atoms with Gasteiger partial charge in [0.25, 0.3) is 5.91 Å². The number of nitrogens with one attached hydrogen (secondary N) is 3.